The number of hydrogen-bond acceptors (Lipinski definition) is 1. The highest BCUT2D eigenvalue weighted by Gasteiger charge is 1.92. The quantitative estimate of drug-likeness (QED) is 0.460. The van der Waals surface area contributed by atoms with E-state index >= 15 is 0 Å². The highest BCUT2D eigenvalue weighted by molar-refractivity contribution is 5.14. The van der Waals surface area contributed by atoms with E-state index in [2.05, 4.69) is 32.9 Å². The van der Waals surface area contributed by atoms with Crippen LogP contribution in [0, 0.1) is 11.3 Å². The largest absolute Gasteiger partial charge is 0.193 e. The summed E-state index contributed by atoms with van der Waals surface area (Å²) in [5.41, 5.74) is 2.69. The molecule has 0 spiro atoms. The molecular formula is C12H19N. The van der Waals surface area contributed by atoms with Crippen LogP contribution in [0.15, 0.2) is 23.3 Å². The second-order valence-corrected chi connectivity index (χ2v) is 3.23. The number of allylic oxidation sites excluding steroid dienone is 4. The Morgan fingerprint density at radius 3 is 2.46 bits per heavy atom. The van der Waals surface area contributed by atoms with Gasteiger partial charge in [0.1, 0.15) is 0 Å². The fourth-order valence-corrected chi connectivity index (χ4v) is 1.09. The van der Waals surface area contributed by atoms with Crippen molar-refractivity contribution in [3.63, 3.8) is 0 Å². The number of rotatable bonds is 5. The Labute approximate surface area is 81.8 Å². The van der Waals surface area contributed by atoms with E-state index in [1.54, 1.807) is 6.08 Å². The lowest BCUT2D eigenvalue weighted by atomic mass is 10.1. The van der Waals surface area contributed by atoms with Crippen LogP contribution in [0.25, 0.3) is 0 Å². The third kappa shape index (κ3) is 6.16. The Morgan fingerprint density at radius 2 is 2.00 bits per heavy atom. The number of nitrogens with zero attached hydrogens (tertiary/aromatic N) is 1. The van der Waals surface area contributed by atoms with Crippen LogP contribution in [0.1, 0.15) is 46.5 Å². The molecule has 0 heterocycles. The molecule has 0 aliphatic carbocycles. The van der Waals surface area contributed by atoms with Crippen molar-refractivity contribution in [3.8, 4) is 6.07 Å². The van der Waals surface area contributed by atoms with Crippen molar-refractivity contribution < 1.29 is 0 Å². The predicted octanol–water partition coefficient (Wildman–Crippen LogP) is 3.98. The molecule has 0 aromatic rings. The lowest BCUT2D eigenvalue weighted by Crippen LogP contribution is -1.81. The SMILES string of the molecule is CC/C(C)=C\CC/C(=C/C#N)CC. The Balaban J connectivity index is 3.88. The zero-order chi connectivity index (χ0) is 10.1. The van der Waals surface area contributed by atoms with Gasteiger partial charge in [0.05, 0.1) is 6.07 Å². The maximum Gasteiger partial charge on any atom is 0.0911 e. The molecule has 0 rings (SSSR count). The van der Waals surface area contributed by atoms with Gasteiger partial charge in [-0.25, -0.2) is 0 Å². The average molecular weight is 177 g/mol. The van der Waals surface area contributed by atoms with E-state index in [0.29, 0.717) is 0 Å². The number of nitriles is 1. The first kappa shape index (κ1) is 12.0. The van der Waals surface area contributed by atoms with Crippen LogP contribution < -0.4 is 0 Å². The molecule has 0 radical (unpaired) electrons. The van der Waals surface area contributed by atoms with Crippen LogP contribution >= 0.6 is 0 Å². The van der Waals surface area contributed by atoms with E-state index in [1.165, 1.54) is 11.1 Å². The first-order chi connectivity index (χ1) is 6.24. The molecule has 0 aromatic heterocycles. The molecule has 0 saturated carbocycles. The Kier molecular flexibility index (Phi) is 7.01. The van der Waals surface area contributed by atoms with Crippen LogP contribution in [0.5, 0.6) is 0 Å². The average Bonchev–Trinajstić information content (AvgIpc) is 2.16. The van der Waals surface area contributed by atoms with Gasteiger partial charge in [-0.1, -0.05) is 31.1 Å². The van der Waals surface area contributed by atoms with Crippen molar-refractivity contribution in [1.29, 1.82) is 5.26 Å². The van der Waals surface area contributed by atoms with Crippen LogP contribution in [-0.4, -0.2) is 0 Å². The smallest absolute Gasteiger partial charge is 0.0911 e. The molecule has 0 aromatic carbocycles. The van der Waals surface area contributed by atoms with E-state index in [-0.39, 0.29) is 0 Å². The maximum absolute atomic E-state index is 8.48. The summed E-state index contributed by atoms with van der Waals surface area (Å²) in [7, 11) is 0. The van der Waals surface area contributed by atoms with Crippen molar-refractivity contribution >= 4 is 0 Å². The van der Waals surface area contributed by atoms with Crippen molar-refractivity contribution in [2.45, 2.75) is 46.5 Å². The van der Waals surface area contributed by atoms with Gasteiger partial charge in [0.15, 0.2) is 0 Å². The van der Waals surface area contributed by atoms with E-state index in [4.69, 9.17) is 5.26 Å². The van der Waals surface area contributed by atoms with Gasteiger partial charge in [0, 0.05) is 6.08 Å². The summed E-state index contributed by atoms with van der Waals surface area (Å²) in [4.78, 5) is 0. The lowest BCUT2D eigenvalue weighted by Gasteiger charge is -2.00. The van der Waals surface area contributed by atoms with Gasteiger partial charge in [0.25, 0.3) is 0 Å². The summed E-state index contributed by atoms with van der Waals surface area (Å²) in [6.07, 6.45) is 8.16. The second kappa shape index (κ2) is 7.61. The monoisotopic (exact) mass is 177 g/mol. The second-order valence-electron chi connectivity index (χ2n) is 3.23. The Morgan fingerprint density at radius 1 is 1.31 bits per heavy atom. The van der Waals surface area contributed by atoms with Gasteiger partial charge in [-0.3, -0.25) is 0 Å². The summed E-state index contributed by atoms with van der Waals surface area (Å²) in [6.45, 7) is 6.41. The van der Waals surface area contributed by atoms with Gasteiger partial charge in [-0.05, 0) is 32.6 Å². The van der Waals surface area contributed by atoms with Crippen LogP contribution in [-0.2, 0) is 0 Å². The molecule has 0 atom stereocenters. The maximum atomic E-state index is 8.48. The normalized spacial score (nSPS) is 12.8. The minimum absolute atomic E-state index is 0.993. The van der Waals surface area contributed by atoms with Gasteiger partial charge < -0.3 is 0 Å². The predicted molar refractivity (Wildman–Crippen MR) is 57.3 cm³/mol. The molecule has 13 heavy (non-hydrogen) atoms. The van der Waals surface area contributed by atoms with Gasteiger partial charge in [-0.15, -0.1) is 0 Å². The van der Waals surface area contributed by atoms with Crippen molar-refractivity contribution in [2.24, 2.45) is 0 Å². The molecule has 0 unspecified atom stereocenters. The summed E-state index contributed by atoms with van der Waals surface area (Å²) in [5.74, 6) is 0. The molecule has 0 amide bonds. The third-order valence-corrected chi connectivity index (χ3v) is 2.24. The summed E-state index contributed by atoms with van der Waals surface area (Å²) in [6, 6.07) is 2.09. The zero-order valence-corrected chi connectivity index (χ0v) is 8.93. The topological polar surface area (TPSA) is 23.8 Å². The summed E-state index contributed by atoms with van der Waals surface area (Å²) < 4.78 is 0. The Bertz CT molecular complexity index is 228. The first-order valence-electron chi connectivity index (χ1n) is 4.97. The molecule has 1 nitrogen and oxygen atoms in total. The summed E-state index contributed by atoms with van der Waals surface area (Å²) >= 11 is 0. The van der Waals surface area contributed by atoms with E-state index in [9.17, 15) is 0 Å². The molecule has 0 N–H and O–H groups in total. The summed E-state index contributed by atoms with van der Waals surface area (Å²) in [5, 5.41) is 8.48. The van der Waals surface area contributed by atoms with Crippen LogP contribution in [0.2, 0.25) is 0 Å². The standard InChI is InChI=1S/C12H19N/c1-4-11(3)7-6-8-12(5-2)9-10-13/h7,9H,4-6,8H2,1-3H3/b11-7-,12-9+. The first-order valence-corrected chi connectivity index (χ1v) is 4.97. The molecule has 0 aliphatic heterocycles. The van der Waals surface area contributed by atoms with Gasteiger partial charge >= 0.3 is 0 Å². The van der Waals surface area contributed by atoms with Crippen molar-refractivity contribution in [2.75, 3.05) is 0 Å². The van der Waals surface area contributed by atoms with Crippen molar-refractivity contribution in [1.82, 2.24) is 0 Å². The zero-order valence-electron chi connectivity index (χ0n) is 8.93. The molecule has 1 heteroatoms. The van der Waals surface area contributed by atoms with Crippen LogP contribution in [0.4, 0.5) is 0 Å². The van der Waals surface area contributed by atoms with Crippen LogP contribution in [0.3, 0.4) is 0 Å². The van der Waals surface area contributed by atoms with Gasteiger partial charge in [0.2, 0.25) is 0 Å². The molecule has 72 valence electrons. The van der Waals surface area contributed by atoms with E-state index in [0.717, 1.165) is 25.7 Å². The molecule has 0 saturated heterocycles. The minimum Gasteiger partial charge on any atom is -0.193 e. The molecule has 0 fully saturated rings. The fourth-order valence-electron chi connectivity index (χ4n) is 1.09. The highest BCUT2D eigenvalue weighted by atomic mass is 14.2. The van der Waals surface area contributed by atoms with E-state index < -0.39 is 0 Å². The minimum atomic E-state index is 0.993. The van der Waals surface area contributed by atoms with Gasteiger partial charge in [-0.2, -0.15) is 5.26 Å². The molecule has 0 aliphatic rings. The molecular weight excluding hydrogens is 158 g/mol. The third-order valence-electron chi connectivity index (χ3n) is 2.24. The highest BCUT2D eigenvalue weighted by Crippen LogP contribution is 2.11. The van der Waals surface area contributed by atoms with E-state index in [1.807, 2.05) is 0 Å². The number of hydrogen-bond donors (Lipinski definition) is 0. The molecule has 0 bridgehead atoms. The fraction of sp³-hybridized carbons (Fsp3) is 0.583. The van der Waals surface area contributed by atoms with Crippen molar-refractivity contribution in [3.05, 3.63) is 23.3 Å². The lowest BCUT2D eigenvalue weighted by molar-refractivity contribution is 0.896. The Hall–Kier alpha value is -1.03.